The minimum absolute atomic E-state index is 0.0234. The molecule has 0 amide bonds. The van der Waals surface area contributed by atoms with Crippen molar-refractivity contribution in [3.63, 3.8) is 0 Å². The molecule has 5 aliphatic carbocycles. The second-order valence-corrected chi connectivity index (χ2v) is 17.8. The van der Waals surface area contributed by atoms with E-state index < -0.39 is 53.6 Å². The molecular weight excluding hydrogens is 564 g/mol. The Morgan fingerprint density at radius 3 is 2.41 bits per heavy atom. The molecule has 0 unspecified atom stereocenters. The lowest BCUT2D eigenvalue weighted by Gasteiger charge is -2.60. The van der Waals surface area contributed by atoms with Crippen molar-refractivity contribution in [1.29, 1.82) is 0 Å². The van der Waals surface area contributed by atoms with Gasteiger partial charge in [0, 0.05) is 11.3 Å². The van der Waals surface area contributed by atoms with Crippen molar-refractivity contribution >= 4 is 0 Å². The van der Waals surface area contributed by atoms with Crippen LogP contribution in [0.15, 0.2) is 11.6 Å². The third-order valence-electron chi connectivity index (χ3n) is 15.2. The fourth-order valence-electron chi connectivity index (χ4n) is 13.1. The van der Waals surface area contributed by atoms with Crippen LogP contribution >= 0.6 is 0 Å². The summed E-state index contributed by atoms with van der Waals surface area (Å²) in [7, 11) is 0. The largest absolute Gasteiger partial charge is 0.388 e. The summed E-state index contributed by atoms with van der Waals surface area (Å²) in [6.45, 7) is 15.0. The molecule has 248 valence electrons. The molecule has 0 aromatic rings. The topological polar surface area (TPSA) is 138 Å². The lowest BCUT2D eigenvalue weighted by molar-refractivity contribution is -0.300. The van der Waals surface area contributed by atoms with Gasteiger partial charge in [0.25, 0.3) is 0 Å². The highest BCUT2D eigenvalue weighted by molar-refractivity contribution is 5.48. The molecule has 44 heavy (non-hydrogen) atoms. The first-order valence-corrected chi connectivity index (χ1v) is 17.2. The van der Waals surface area contributed by atoms with Crippen LogP contribution in [0.3, 0.4) is 0 Å². The summed E-state index contributed by atoms with van der Waals surface area (Å²) in [6, 6.07) is 0. The second kappa shape index (κ2) is 8.88. The van der Waals surface area contributed by atoms with E-state index in [1.165, 1.54) is 5.57 Å². The maximum Gasteiger partial charge on any atom is 0.199 e. The van der Waals surface area contributed by atoms with Gasteiger partial charge in [-0.3, -0.25) is 0 Å². The number of aliphatic hydroxyl groups is 5. The first kappa shape index (κ1) is 30.7. The standard InChI is InChI=1S/C35H54O9/c1-17-14-19-26(30(4,5)40)44-35(43-19)25(17)31(6)12-13-34-16-33(34)11-10-22(42-27-24(38)23(37)18(36)15-41-27)29(2,3)20(33)8-9-21(34)32(31,7)28(35)39/h9,17-20,22-28,36-40H,8,10-16H2,1-7H3/t17-,18-,19-,20+,22+,23+,24-,25-,26+,27+,28-,31-,32-,33-,34+,35+/m1/s1. The van der Waals surface area contributed by atoms with Gasteiger partial charge in [-0.1, -0.05) is 46.3 Å². The van der Waals surface area contributed by atoms with E-state index in [0.717, 1.165) is 44.9 Å². The van der Waals surface area contributed by atoms with Gasteiger partial charge in [0.2, 0.25) is 0 Å². The predicted octanol–water partition coefficient (Wildman–Crippen LogP) is 3.04. The normalized spacial score (nSPS) is 60.4. The molecule has 3 spiro atoms. The van der Waals surface area contributed by atoms with E-state index in [1.807, 2.05) is 0 Å². The lowest BCUT2D eigenvalue weighted by Crippen LogP contribution is -2.58. The lowest BCUT2D eigenvalue weighted by atomic mass is 9.44. The first-order valence-electron chi connectivity index (χ1n) is 17.2. The highest BCUT2D eigenvalue weighted by atomic mass is 16.8. The van der Waals surface area contributed by atoms with Gasteiger partial charge in [0.15, 0.2) is 12.1 Å². The van der Waals surface area contributed by atoms with E-state index in [4.69, 9.17) is 18.9 Å². The average Bonchev–Trinajstić information content (AvgIpc) is 3.45. The third kappa shape index (κ3) is 3.33. The van der Waals surface area contributed by atoms with Gasteiger partial charge in [-0.15, -0.1) is 0 Å². The SMILES string of the molecule is C[C@@H]1C[C@H]2O[C@]3(O[C@@H]2C(C)(C)O)[C@H]1[C@@]1(C)CC[C@@]24C[C@@]25CC[C@H](O[C@@H]2OC[C@@H](O)[C@H](O)[C@H]2O)C(C)(C)[C@@H]5CC=C4[C@]1(C)[C@H]3O. The van der Waals surface area contributed by atoms with E-state index in [9.17, 15) is 25.5 Å². The van der Waals surface area contributed by atoms with Crippen molar-refractivity contribution in [2.45, 2.75) is 154 Å². The molecule has 5 N–H and O–H groups in total. The molecular formula is C35H54O9. The molecule has 16 atom stereocenters. The summed E-state index contributed by atoms with van der Waals surface area (Å²) < 4.78 is 25.7. The Kier molecular flexibility index (Phi) is 6.20. The van der Waals surface area contributed by atoms with Crippen LogP contribution in [-0.2, 0) is 18.9 Å². The number of aliphatic hydroxyl groups excluding tert-OH is 4. The Hall–Kier alpha value is -0.620. The molecule has 8 aliphatic rings. The van der Waals surface area contributed by atoms with Gasteiger partial charge in [-0.05, 0) is 92.3 Å². The minimum Gasteiger partial charge on any atom is -0.388 e. The predicted molar refractivity (Wildman–Crippen MR) is 159 cm³/mol. The van der Waals surface area contributed by atoms with Crippen molar-refractivity contribution in [2.75, 3.05) is 6.61 Å². The van der Waals surface area contributed by atoms with E-state index in [2.05, 4.69) is 40.7 Å². The number of allylic oxidation sites excluding steroid dienone is 1. The summed E-state index contributed by atoms with van der Waals surface area (Å²) in [5, 5.41) is 54.4. The zero-order valence-electron chi connectivity index (χ0n) is 27.5. The number of hydrogen-bond donors (Lipinski definition) is 5. The van der Waals surface area contributed by atoms with Crippen molar-refractivity contribution in [1.82, 2.24) is 0 Å². The van der Waals surface area contributed by atoms with Gasteiger partial charge < -0.3 is 44.5 Å². The highest BCUT2D eigenvalue weighted by Crippen LogP contribution is 2.89. The molecule has 2 bridgehead atoms. The molecule has 0 aromatic heterocycles. The molecule has 9 heteroatoms. The van der Waals surface area contributed by atoms with E-state index >= 15 is 0 Å². The van der Waals surface area contributed by atoms with Crippen LogP contribution in [0.2, 0.25) is 0 Å². The summed E-state index contributed by atoms with van der Waals surface area (Å²) >= 11 is 0. The molecule has 3 heterocycles. The van der Waals surface area contributed by atoms with Crippen molar-refractivity contribution in [3.8, 4) is 0 Å². The zero-order valence-corrected chi connectivity index (χ0v) is 27.5. The Morgan fingerprint density at radius 2 is 1.70 bits per heavy atom. The average molecular weight is 619 g/mol. The molecule has 9 nitrogen and oxygen atoms in total. The molecule has 0 radical (unpaired) electrons. The molecule has 8 rings (SSSR count). The van der Waals surface area contributed by atoms with Gasteiger partial charge in [0.05, 0.1) is 24.4 Å². The van der Waals surface area contributed by atoms with Crippen LogP contribution in [0.1, 0.15) is 93.4 Å². The Morgan fingerprint density at radius 1 is 0.977 bits per heavy atom. The molecule has 3 saturated heterocycles. The van der Waals surface area contributed by atoms with Gasteiger partial charge in [-0.2, -0.15) is 0 Å². The van der Waals surface area contributed by atoms with Crippen LogP contribution < -0.4 is 0 Å². The smallest absolute Gasteiger partial charge is 0.199 e. The van der Waals surface area contributed by atoms with Crippen LogP contribution in [-0.4, -0.2) is 92.5 Å². The van der Waals surface area contributed by atoms with E-state index in [1.54, 1.807) is 13.8 Å². The summed E-state index contributed by atoms with van der Waals surface area (Å²) in [4.78, 5) is 0. The van der Waals surface area contributed by atoms with Crippen molar-refractivity contribution < 1.29 is 44.5 Å². The highest BCUT2D eigenvalue weighted by Gasteiger charge is 2.86. The van der Waals surface area contributed by atoms with Crippen LogP contribution in [0.25, 0.3) is 0 Å². The maximum absolute atomic E-state index is 12.6. The Labute approximate surface area is 261 Å². The number of hydrogen-bond acceptors (Lipinski definition) is 9. The molecule has 7 fully saturated rings. The van der Waals surface area contributed by atoms with Crippen LogP contribution in [0.4, 0.5) is 0 Å². The summed E-state index contributed by atoms with van der Waals surface area (Å²) in [6.07, 6.45) is 2.81. The molecule has 4 saturated carbocycles. The third-order valence-corrected chi connectivity index (χ3v) is 15.2. The maximum atomic E-state index is 12.6. The van der Waals surface area contributed by atoms with Gasteiger partial charge in [-0.25, -0.2) is 0 Å². The zero-order chi connectivity index (χ0) is 31.6. The van der Waals surface area contributed by atoms with E-state index in [-0.39, 0.29) is 46.4 Å². The van der Waals surface area contributed by atoms with Gasteiger partial charge in [0.1, 0.15) is 30.5 Å². The first-order chi connectivity index (χ1) is 20.4. The summed E-state index contributed by atoms with van der Waals surface area (Å²) in [5.74, 6) is -0.431. The second-order valence-electron chi connectivity index (χ2n) is 17.8. The fraction of sp³-hybridized carbons (Fsp3) is 0.943. The van der Waals surface area contributed by atoms with Crippen LogP contribution in [0.5, 0.6) is 0 Å². The number of fused-ring (bicyclic) bond motifs is 4. The monoisotopic (exact) mass is 618 g/mol. The van der Waals surface area contributed by atoms with Crippen molar-refractivity contribution in [3.05, 3.63) is 11.6 Å². The molecule has 3 aliphatic heterocycles. The Balaban J connectivity index is 1.13. The number of rotatable bonds is 3. The fourth-order valence-corrected chi connectivity index (χ4v) is 13.1. The Bertz CT molecular complexity index is 1260. The summed E-state index contributed by atoms with van der Waals surface area (Å²) in [5.41, 5.74) is -0.456. The van der Waals surface area contributed by atoms with Crippen LogP contribution in [0, 0.1) is 44.8 Å². The number of ether oxygens (including phenoxy) is 4. The quantitative estimate of drug-likeness (QED) is 0.302. The van der Waals surface area contributed by atoms with Crippen molar-refractivity contribution in [2.24, 2.45) is 44.8 Å². The minimum atomic E-state index is -1.30. The van der Waals surface area contributed by atoms with Gasteiger partial charge >= 0.3 is 0 Å². The van der Waals surface area contributed by atoms with E-state index in [0.29, 0.717) is 11.8 Å². The molecule has 0 aromatic carbocycles.